The molecule has 0 aromatic carbocycles. The van der Waals surface area contributed by atoms with Gasteiger partial charge in [0.25, 0.3) is 0 Å². The average Bonchev–Trinajstić information content (AvgIpc) is 2.45. The molecule has 1 aliphatic rings. The Morgan fingerprint density at radius 1 is 1.44 bits per heavy atom. The number of carbonyl (C=O) groups is 1. The first-order valence-corrected chi connectivity index (χ1v) is 7.37. The number of carbonyl (C=O) groups excluding carboxylic acids is 1. The minimum Gasteiger partial charge on any atom is -0.374 e. The number of amides is 1. The number of hydrogen-bond acceptors (Lipinski definition) is 3. The molecule has 0 aromatic rings. The lowest BCUT2D eigenvalue weighted by Gasteiger charge is -2.32. The van der Waals surface area contributed by atoms with E-state index in [1.165, 1.54) is 12.8 Å². The molecule has 1 atom stereocenters. The van der Waals surface area contributed by atoms with Crippen molar-refractivity contribution >= 4 is 5.91 Å². The monoisotopic (exact) mass is 260 g/mol. The highest BCUT2D eigenvalue weighted by Gasteiger charge is 2.19. The molecule has 110 valence electrons. The lowest BCUT2D eigenvalue weighted by molar-refractivity contribution is -0.122. The van der Waals surface area contributed by atoms with Crippen molar-refractivity contribution < 1.29 is 11.0 Å². The van der Waals surface area contributed by atoms with Crippen LogP contribution in [0.5, 0.6) is 0 Å². The predicted molar refractivity (Wildman–Crippen MR) is 77.9 cm³/mol. The molecule has 1 aliphatic heterocycles. The van der Waals surface area contributed by atoms with E-state index in [-0.39, 0.29) is 13.4 Å². The Morgan fingerprint density at radius 2 is 2.17 bits per heavy atom. The fourth-order valence-electron chi connectivity index (χ4n) is 1.84. The van der Waals surface area contributed by atoms with Gasteiger partial charge < -0.3 is 10.1 Å². The van der Waals surface area contributed by atoms with E-state index in [1.807, 2.05) is 20.8 Å². The van der Waals surface area contributed by atoms with Crippen LogP contribution >= 0.6 is 0 Å². The Kier molecular flexibility index (Phi) is 11.1. The van der Waals surface area contributed by atoms with Crippen LogP contribution in [0, 0.1) is 0 Å². The van der Waals surface area contributed by atoms with Gasteiger partial charge >= 0.3 is 0 Å². The Balaban J connectivity index is 0. The Morgan fingerprint density at radius 3 is 2.78 bits per heavy atom. The first kappa shape index (κ1) is 17.4. The molecule has 1 saturated heterocycles. The zero-order chi connectivity index (χ0) is 13.8. The third-order valence-electron chi connectivity index (χ3n) is 2.90. The minimum absolute atomic E-state index is 0. The molecule has 1 amide bonds. The maximum Gasteiger partial charge on any atom is 0.219 e. The van der Waals surface area contributed by atoms with Gasteiger partial charge in [-0.2, -0.15) is 0 Å². The highest BCUT2D eigenvalue weighted by Crippen LogP contribution is 2.05. The number of rotatable bonds is 6. The summed E-state index contributed by atoms with van der Waals surface area (Å²) in [4.78, 5) is 13.6. The van der Waals surface area contributed by atoms with Gasteiger partial charge in [-0.15, -0.1) is 0 Å². The van der Waals surface area contributed by atoms with Gasteiger partial charge in [0, 0.05) is 27.5 Å². The summed E-state index contributed by atoms with van der Waals surface area (Å²) in [5.74, 6) is 0.106. The van der Waals surface area contributed by atoms with Crippen LogP contribution in [0.2, 0.25) is 0 Å². The fourth-order valence-corrected chi connectivity index (χ4v) is 1.84. The van der Waals surface area contributed by atoms with E-state index in [4.69, 9.17) is 4.74 Å². The summed E-state index contributed by atoms with van der Waals surface area (Å²) >= 11 is 0. The van der Waals surface area contributed by atoms with E-state index in [0.29, 0.717) is 13.0 Å². The maximum absolute atomic E-state index is 11.1. The van der Waals surface area contributed by atoms with Crippen molar-refractivity contribution in [2.75, 3.05) is 32.8 Å². The molecule has 18 heavy (non-hydrogen) atoms. The normalized spacial score (nSPS) is 19.9. The molecular weight excluding hydrogens is 228 g/mol. The van der Waals surface area contributed by atoms with Crippen molar-refractivity contribution in [3.8, 4) is 0 Å². The van der Waals surface area contributed by atoms with Gasteiger partial charge in [-0.1, -0.05) is 34.1 Å². The minimum atomic E-state index is 0. The van der Waals surface area contributed by atoms with Gasteiger partial charge in [-0.05, 0) is 13.0 Å². The molecular formula is C14H32N2O2. The summed E-state index contributed by atoms with van der Waals surface area (Å²) in [5.41, 5.74) is 0. The van der Waals surface area contributed by atoms with Crippen LogP contribution in [0.15, 0.2) is 0 Å². The summed E-state index contributed by atoms with van der Waals surface area (Å²) in [6, 6.07) is 0. The number of nitrogens with one attached hydrogen (secondary N) is 1. The van der Waals surface area contributed by atoms with Gasteiger partial charge in [0.1, 0.15) is 0 Å². The summed E-state index contributed by atoms with van der Waals surface area (Å²) in [6.45, 7) is 12.6. The average molecular weight is 260 g/mol. The molecule has 0 saturated carbocycles. The third kappa shape index (κ3) is 7.67. The quantitative estimate of drug-likeness (QED) is 0.796. The number of nitrogens with zero attached hydrogens (tertiary/aromatic N) is 1. The first-order chi connectivity index (χ1) is 8.76. The van der Waals surface area contributed by atoms with Crippen molar-refractivity contribution in [1.82, 2.24) is 10.2 Å². The molecule has 1 rings (SSSR count). The van der Waals surface area contributed by atoms with Crippen molar-refractivity contribution in [2.45, 2.75) is 53.1 Å². The Hall–Kier alpha value is -0.610. The largest absolute Gasteiger partial charge is 0.374 e. The zero-order valence-electron chi connectivity index (χ0n) is 12.5. The van der Waals surface area contributed by atoms with E-state index < -0.39 is 0 Å². The lowest BCUT2D eigenvalue weighted by atomic mass is 10.2. The Labute approximate surface area is 114 Å². The van der Waals surface area contributed by atoms with Crippen LogP contribution in [0.3, 0.4) is 0 Å². The van der Waals surface area contributed by atoms with Crippen LogP contribution in [0.4, 0.5) is 0 Å². The predicted octanol–water partition coefficient (Wildman–Crippen LogP) is 2.29. The van der Waals surface area contributed by atoms with Gasteiger partial charge in [0.2, 0.25) is 5.91 Å². The molecule has 4 heteroatoms. The molecule has 0 bridgehead atoms. The molecule has 0 radical (unpaired) electrons. The highest BCUT2D eigenvalue weighted by atomic mass is 16.5. The molecule has 0 aliphatic carbocycles. The third-order valence-corrected chi connectivity index (χ3v) is 2.90. The summed E-state index contributed by atoms with van der Waals surface area (Å²) in [7, 11) is 0. The SMILES string of the molecule is CC.CCCCN1CCO[C@@H](CNC(=O)CC)C1.[HH]. The molecule has 4 nitrogen and oxygen atoms in total. The van der Waals surface area contributed by atoms with Crippen LogP contribution in [0.1, 0.15) is 48.4 Å². The molecule has 0 unspecified atom stereocenters. The van der Waals surface area contributed by atoms with E-state index in [2.05, 4.69) is 17.1 Å². The second kappa shape index (κ2) is 11.5. The standard InChI is InChI=1S/C12H24N2O2.C2H6.H2/c1-3-5-6-14-7-8-16-11(10-14)9-13-12(15)4-2;1-2;/h11H,3-10H2,1-2H3,(H,13,15);1-2H3;1H/t11-;;/m0../s1. The fraction of sp³-hybridized carbons (Fsp3) is 0.929. The number of unbranched alkanes of at least 4 members (excludes halogenated alkanes) is 1. The van der Waals surface area contributed by atoms with Gasteiger partial charge in [-0.25, -0.2) is 0 Å². The van der Waals surface area contributed by atoms with Crippen LogP contribution in [-0.2, 0) is 9.53 Å². The Bertz CT molecular complexity index is 216. The molecule has 1 N–H and O–H groups in total. The van der Waals surface area contributed by atoms with E-state index >= 15 is 0 Å². The summed E-state index contributed by atoms with van der Waals surface area (Å²) in [5, 5.41) is 2.89. The van der Waals surface area contributed by atoms with E-state index in [1.54, 1.807) is 0 Å². The first-order valence-electron chi connectivity index (χ1n) is 7.37. The maximum atomic E-state index is 11.1. The van der Waals surface area contributed by atoms with Crippen LogP contribution < -0.4 is 5.32 Å². The number of morpholine rings is 1. The molecule has 1 heterocycles. The van der Waals surface area contributed by atoms with E-state index in [9.17, 15) is 4.79 Å². The summed E-state index contributed by atoms with van der Waals surface area (Å²) in [6.07, 6.45) is 3.19. The molecule has 0 aromatic heterocycles. The number of ether oxygens (including phenoxy) is 1. The van der Waals surface area contributed by atoms with Gasteiger partial charge in [-0.3, -0.25) is 9.69 Å². The lowest BCUT2D eigenvalue weighted by Crippen LogP contribution is -2.47. The van der Waals surface area contributed by atoms with Crippen molar-refractivity contribution in [3.05, 3.63) is 0 Å². The van der Waals surface area contributed by atoms with Crippen molar-refractivity contribution in [2.24, 2.45) is 0 Å². The molecule has 0 spiro atoms. The van der Waals surface area contributed by atoms with Gasteiger partial charge in [0.05, 0.1) is 12.7 Å². The van der Waals surface area contributed by atoms with E-state index in [0.717, 1.165) is 26.2 Å². The zero-order valence-corrected chi connectivity index (χ0v) is 12.5. The highest BCUT2D eigenvalue weighted by molar-refractivity contribution is 5.75. The van der Waals surface area contributed by atoms with Gasteiger partial charge in [0.15, 0.2) is 0 Å². The van der Waals surface area contributed by atoms with Crippen LogP contribution in [0.25, 0.3) is 0 Å². The smallest absolute Gasteiger partial charge is 0.219 e. The van der Waals surface area contributed by atoms with Crippen molar-refractivity contribution in [1.29, 1.82) is 0 Å². The molecule has 1 fully saturated rings. The van der Waals surface area contributed by atoms with Crippen molar-refractivity contribution in [3.63, 3.8) is 0 Å². The topological polar surface area (TPSA) is 41.6 Å². The number of hydrogen-bond donors (Lipinski definition) is 1. The second-order valence-corrected chi connectivity index (χ2v) is 4.30. The summed E-state index contributed by atoms with van der Waals surface area (Å²) < 4.78 is 5.63. The van der Waals surface area contributed by atoms with Crippen LogP contribution in [-0.4, -0.2) is 49.7 Å². The second-order valence-electron chi connectivity index (χ2n) is 4.30.